The second-order valence-corrected chi connectivity index (χ2v) is 6.62. The van der Waals surface area contributed by atoms with Crippen molar-refractivity contribution in [1.82, 2.24) is 20.2 Å². The highest BCUT2D eigenvalue weighted by atomic mass is 16.4. The summed E-state index contributed by atoms with van der Waals surface area (Å²) in [4.78, 5) is 18.9. The highest BCUT2D eigenvalue weighted by Crippen LogP contribution is 2.23. The highest BCUT2D eigenvalue weighted by Gasteiger charge is 2.11. The summed E-state index contributed by atoms with van der Waals surface area (Å²) < 4.78 is 5.58. The fourth-order valence-electron chi connectivity index (χ4n) is 2.68. The van der Waals surface area contributed by atoms with Crippen LogP contribution >= 0.6 is 0 Å². The summed E-state index contributed by atoms with van der Waals surface area (Å²) in [7, 11) is 0. The Labute approximate surface area is 180 Å². The molecule has 31 heavy (non-hydrogen) atoms. The van der Waals surface area contributed by atoms with Gasteiger partial charge in [-0.15, -0.1) is 5.10 Å². The lowest BCUT2D eigenvalue weighted by Crippen LogP contribution is -2.07. The Hall–Kier alpha value is -4.07. The second-order valence-electron chi connectivity index (χ2n) is 6.62. The van der Waals surface area contributed by atoms with Crippen LogP contribution in [0.4, 0.5) is 17.5 Å². The van der Waals surface area contributed by atoms with Crippen LogP contribution in [0, 0.1) is 6.92 Å². The van der Waals surface area contributed by atoms with Gasteiger partial charge < -0.3 is 15.1 Å². The molecule has 0 saturated carbocycles. The minimum absolute atomic E-state index is 0.0873. The van der Waals surface area contributed by atoms with E-state index in [1.165, 1.54) is 12.5 Å². The Morgan fingerprint density at radius 1 is 1.00 bits per heavy atom. The third kappa shape index (κ3) is 6.46. The lowest BCUT2D eigenvalue weighted by molar-refractivity contribution is -0.114. The quantitative estimate of drug-likeness (QED) is 0.482. The Morgan fingerprint density at radius 2 is 1.81 bits per heavy atom. The van der Waals surface area contributed by atoms with Gasteiger partial charge in [-0.3, -0.25) is 9.78 Å². The number of aromatic nitrogens is 4. The van der Waals surface area contributed by atoms with Gasteiger partial charge in [0.15, 0.2) is 0 Å². The summed E-state index contributed by atoms with van der Waals surface area (Å²) in [5, 5.41) is 13.7. The van der Waals surface area contributed by atoms with E-state index in [-0.39, 0.29) is 5.91 Å². The van der Waals surface area contributed by atoms with Crippen LogP contribution in [0.25, 0.3) is 11.5 Å². The van der Waals surface area contributed by atoms with Gasteiger partial charge in [-0.2, -0.15) is 0 Å². The van der Waals surface area contributed by atoms with Crippen molar-refractivity contribution in [2.75, 3.05) is 10.6 Å². The molecule has 8 heteroatoms. The minimum Gasteiger partial charge on any atom is -0.403 e. The van der Waals surface area contributed by atoms with Crippen molar-refractivity contribution in [2.45, 2.75) is 27.2 Å². The van der Waals surface area contributed by atoms with E-state index in [9.17, 15) is 4.79 Å². The summed E-state index contributed by atoms with van der Waals surface area (Å²) in [5.41, 5.74) is 3.78. The van der Waals surface area contributed by atoms with Gasteiger partial charge in [-0.05, 0) is 55.3 Å². The summed E-state index contributed by atoms with van der Waals surface area (Å²) in [6, 6.07) is 17.6. The predicted octanol–water partition coefficient (Wildman–Crippen LogP) is 4.79. The minimum atomic E-state index is -0.0873. The zero-order valence-corrected chi connectivity index (χ0v) is 17.7. The Balaban J connectivity index is 0.000000196. The van der Waals surface area contributed by atoms with E-state index in [2.05, 4.69) is 37.7 Å². The monoisotopic (exact) mass is 416 g/mol. The second kappa shape index (κ2) is 10.6. The molecule has 3 heterocycles. The van der Waals surface area contributed by atoms with Crippen LogP contribution in [-0.2, 0) is 11.2 Å². The van der Waals surface area contributed by atoms with Crippen molar-refractivity contribution >= 4 is 23.4 Å². The van der Waals surface area contributed by atoms with Crippen LogP contribution in [0.5, 0.6) is 0 Å². The van der Waals surface area contributed by atoms with Crippen molar-refractivity contribution in [3.8, 4) is 11.5 Å². The van der Waals surface area contributed by atoms with Crippen molar-refractivity contribution in [1.29, 1.82) is 0 Å². The van der Waals surface area contributed by atoms with Crippen LogP contribution in [0.3, 0.4) is 0 Å². The van der Waals surface area contributed by atoms with Gasteiger partial charge in [-0.25, -0.2) is 4.98 Å². The highest BCUT2D eigenvalue weighted by molar-refractivity contribution is 5.87. The topological polar surface area (TPSA) is 106 Å². The van der Waals surface area contributed by atoms with Crippen LogP contribution in [0.2, 0.25) is 0 Å². The molecule has 2 N–H and O–H groups in total. The molecule has 1 aromatic carbocycles. The standard InChI is InChI=1S/C14H12N4O.C9H12N2O/c1-10-12(8-5-9-15-10)13-17-18-14(19-13)16-11-6-3-2-4-7-11;1-3-8-4-5-10-9(6-8)11-7(2)12/h2-9H,1H3,(H,16,18);4-6H,3H2,1-2H3,(H,10,11,12). The summed E-state index contributed by atoms with van der Waals surface area (Å²) in [6.07, 6.45) is 4.39. The molecule has 0 atom stereocenters. The third-order valence-corrected chi connectivity index (χ3v) is 4.22. The lowest BCUT2D eigenvalue weighted by Gasteiger charge is -2.01. The molecule has 4 rings (SSSR count). The molecule has 8 nitrogen and oxygen atoms in total. The van der Waals surface area contributed by atoms with Gasteiger partial charge in [0, 0.05) is 30.7 Å². The zero-order chi connectivity index (χ0) is 22.1. The molecule has 0 aliphatic rings. The van der Waals surface area contributed by atoms with Crippen molar-refractivity contribution in [2.24, 2.45) is 0 Å². The van der Waals surface area contributed by atoms with Gasteiger partial charge >= 0.3 is 6.01 Å². The molecule has 0 fully saturated rings. The number of aryl methyl sites for hydroxylation is 2. The van der Waals surface area contributed by atoms with Crippen LogP contribution in [0.1, 0.15) is 25.1 Å². The number of anilines is 3. The first kappa shape index (κ1) is 21.6. The number of nitrogens with zero attached hydrogens (tertiary/aromatic N) is 4. The van der Waals surface area contributed by atoms with Gasteiger partial charge in [0.05, 0.1) is 5.56 Å². The van der Waals surface area contributed by atoms with Gasteiger partial charge in [-0.1, -0.05) is 30.2 Å². The zero-order valence-electron chi connectivity index (χ0n) is 17.7. The Bertz CT molecular complexity index is 1130. The van der Waals surface area contributed by atoms with E-state index in [4.69, 9.17) is 4.42 Å². The van der Waals surface area contributed by atoms with Crippen LogP contribution in [0.15, 0.2) is 71.4 Å². The largest absolute Gasteiger partial charge is 0.403 e. The molecule has 0 aliphatic carbocycles. The van der Waals surface area contributed by atoms with E-state index in [1.54, 1.807) is 12.4 Å². The Kier molecular flexibility index (Phi) is 7.42. The van der Waals surface area contributed by atoms with Crippen molar-refractivity contribution in [3.05, 3.63) is 78.2 Å². The molecular formula is C23H24N6O2. The fraction of sp³-hybridized carbons (Fsp3) is 0.174. The number of para-hydroxylation sites is 1. The fourth-order valence-corrected chi connectivity index (χ4v) is 2.68. The molecule has 0 radical (unpaired) electrons. The first-order valence-corrected chi connectivity index (χ1v) is 9.85. The number of benzene rings is 1. The maximum Gasteiger partial charge on any atom is 0.320 e. The number of nitrogens with one attached hydrogen (secondary N) is 2. The number of amides is 1. The molecule has 158 valence electrons. The van der Waals surface area contributed by atoms with Gasteiger partial charge in [0.25, 0.3) is 5.89 Å². The van der Waals surface area contributed by atoms with Gasteiger partial charge in [0.2, 0.25) is 5.91 Å². The average Bonchev–Trinajstić information content (AvgIpc) is 3.23. The number of rotatable bonds is 5. The maximum absolute atomic E-state index is 10.7. The molecule has 3 aromatic heterocycles. The third-order valence-electron chi connectivity index (χ3n) is 4.22. The summed E-state index contributed by atoms with van der Waals surface area (Å²) in [5.74, 6) is 1.00. The van der Waals surface area contributed by atoms with E-state index >= 15 is 0 Å². The van der Waals surface area contributed by atoms with E-state index in [0.717, 1.165) is 23.4 Å². The molecule has 0 saturated heterocycles. The molecule has 1 amide bonds. The Morgan fingerprint density at radius 3 is 2.52 bits per heavy atom. The maximum atomic E-state index is 10.7. The molecule has 4 aromatic rings. The SMILES string of the molecule is CCc1ccnc(NC(C)=O)c1.Cc1ncccc1-c1nnc(Nc2ccccc2)o1. The van der Waals surface area contributed by atoms with E-state index < -0.39 is 0 Å². The number of pyridine rings is 2. The molecule has 0 spiro atoms. The van der Waals surface area contributed by atoms with Crippen LogP contribution in [-0.4, -0.2) is 26.1 Å². The van der Waals surface area contributed by atoms with Crippen molar-refractivity contribution < 1.29 is 9.21 Å². The van der Waals surface area contributed by atoms with Crippen LogP contribution < -0.4 is 10.6 Å². The summed E-state index contributed by atoms with van der Waals surface area (Å²) in [6.45, 7) is 5.44. The number of hydrogen-bond donors (Lipinski definition) is 2. The molecule has 0 unspecified atom stereocenters. The average molecular weight is 416 g/mol. The normalized spacial score (nSPS) is 10.0. The number of carbonyl (C=O) groups excluding carboxylic acids is 1. The smallest absolute Gasteiger partial charge is 0.320 e. The van der Waals surface area contributed by atoms with Crippen molar-refractivity contribution in [3.63, 3.8) is 0 Å². The molecular weight excluding hydrogens is 392 g/mol. The van der Waals surface area contributed by atoms with Gasteiger partial charge in [0.1, 0.15) is 5.82 Å². The van der Waals surface area contributed by atoms with E-state index in [0.29, 0.717) is 17.7 Å². The van der Waals surface area contributed by atoms with E-state index in [1.807, 2.05) is 61.5 Å². The lowest BCUT2D eigenvalue weighted by atomic mass is 10.2. The molecule has 0 aliphatic heterocycles. The summed E-state index contributed by atoms with van der Waals surface area (Å²) >= 11 is 0. The first-order chi connectivity index (χ1) is 15.0. The number of carbonyl (C=O) groups is 1. The first-order valence-electron chi connectivity index (χ1n) is 9.85. The number of hydrogen-bond acceptors (Lipinski definition) is 7. The predicted molar refractivity (Wildman–Crippen MR) is 120 cm³/mol. The molecule has 0 bridgehead atoms.